The zero-order valence-corrected chi connectivity index (χ0v) is 18.5. The van der Waals surface area contributed by atoms with Gasteiger partial charge in [-0.1, -0.05) is 31.2 Å². The largest absolute Gasteiger partial charge is 0.348 e. The van der Waals surface area contributed by atoms with Crippen molar-refractivity contribution in [2.75, 3.05) is 19.3 Å². The standard InChI is InChI=1S/C22H27N3O5S/c1-16-4-3-9-24(14-16)15-18-7-5-17(6-8-18)13-23-22(26)19-10-20(25(27)28)12-21(11-19)31(2,29)30/h5-8,10-12,16H,3-4,9,13-15H2,1-2H3,(H,23,26). The van der Waals surface area contributed by atoms with E-state index in [1.165, 1.54) is 18.4 Å². The summed E-state index contributed by atoms with van der Waals surface area (Å²) >= 11 is 0. The predicted molar refractivity (Wildman–Crippen MR) is 117 cm³/mol. The van der Waals surface area contributed by atoms with Crippen molar-refractivity contribution in [3.05, 3.63) is 69.3 Å². The molecule has 1 unspecified atom stereocenters. The van der Waals surface area contributed by atoms with Crippen molar-refractivity contribution in [3.8, 4) is 0 Å². The molecule has 8 nitrogen and oxygen atoms in total. The Balaban J connectivity index is 1.64. The molecule has 0 radical (unpaired) electrons. The first-order chi connectivity index (χ1) is 14.6. The number of sulfone groups is 1. The van der Waals surface area contributed by atoms with Crippen LogP contribution in [0.2, 0.25) is 0 Å². The molecule has 1 saturated heterocycles. The number of benzene rings is 2. The van der Waals surface area contributed by atoms with Crippen LogP contribution in [0, 0.1) is 16.0 Å². The highest BCUT2D eigenvalue weighted by Crippen LogP contribution is 2.21. The third-order valence-electron chi connectivity index (χ3n) is 5.42. The number of likely N-dealkylation sites (tertiary alicyclic amines) is 1. The van der Waals surface area contributed by atoms with Crippen LogP contribution in [-0.4, -0.2) is 43.5 Å². The number of carbonyl (C=O) groups is 1. The number of nitro groups is 1. The van der Waals surface area contributed by atoms with Crippen molar-refractivity contribution >= 4 is 21.4 Å². The van der Waals surface area contributed by atoms with E-state index in [2.05, 4.69) is 17.1 Å². The summed E-state index contributed by atoms with van der Waals surface area (Å²) in [5, 5.41) is 13.8. The highest BCUT2D eigenvalue weighted by molar-refractivity contribution is 7.90. The first-order valence-corrected chi connectivity index (χ1v) is 12.1. The van der Waals surface area contributed by atoms with Crippen LogP contribution in [0.3, 0.4) is 0 Å². The Hall–Kier alpha value is -2.78. The molecule has 0 bridgehead atoms. The summed E-state index contributed by atoms with van der Waals surface area (Å²) in [5.41, 5.74) is 1.59. The molecular formula is C22H27N3O5S. The van der Waals surface area contributed by atoms with Gasteiger partial charge in [0.25, 0.3) is 11.6 Å². The highest BCUT2D eigenvalue weighted by Gasteiger charge is 2.19. The molecule has 1 heterocycles. The Kier molecular flexibility index (Phi) is 7.07. The molecule has 166 valence electrons. The van der Waals surface area contributed by atoms with Gasteiger partial charge in [-0.15, -0.1) is 0 Å². The molecule has 3 rings (SSSR count). The fourth-order valence-electron chi connectivity index (χ4n) is 3.77. The molecule has 31 heavy (non-hydrogen) atoms. The lowest BCUT2D eigenvalue weighted by Gasteiger charge is -2.30. The first-order valence-electron chi connectivity index (χ1n) is 10.2. The van der Waals surface area contributed by atoms with E-state index in [1.807, 2.05) is 24.3 Å². The molecule has 2 aromatic carbocycles. The third kappa shape index (κ3) is 6.35. The van der Waals surface area contributed by atoms with Gasteiger partial charge in [-0.2, -0.15) is 0 Å². The van der Waals surface area contributed by atoms with Crippen LogP contribution in [0.4, 0.5) is 5.69 Å². The molecular weight excluding hydrogens is 418 g/mol. The Bertz CT molecular complexity index is 1070. The summed E-state index contributed by atoms with van der Waals surface area (Å²) in [6.45, 7) is 5.63. The molecule has 0 aromatic heterocycles. The zero-order valence-electron chi connectivity index (χ0n) is 17.7. The molecule has 1 fully saturated rings. The lowest BCUT2D eigenvalue weighted by Crippen LogP contribution is -2.33. The van der Waals surface area contributed by atoms with Gasteiger partial charge in [0.1, 0.15) is 0 Å². The lowest BCUT2D eigenvalue weighted by molar-refractivity contribution is -0.385. The lowest BCUT2D eigenvalue weighted by atomic mass is 9.99. The molecule has 0 spiro atoms. The van der Waals surface area contributed by atoms with E-state index in [1.54, 1.807) is 0 Å². The molecule has 9 heteroatoms. The summed E-state index contributed by atoms with van der Waals surface area (Å²) in [6.07, 6.45) is 3.45. The minimum absolute atomic E-state index is 0.0644. The number of amides is 1. The van der Waals surface area contributed by atoms with Gasteiger partial charge in [-0.05, 0) is 42.5 Å². The van der Waals surface area contributed by atoms with Gasteiger partial charge in [0.2, 0.25) is 0 Å². The summed E-state index contributed by atoms with van der Waals surface area (Å²) < 4.78 is 23.6. The van der Waals surface area contributed by atoms with Crippen molar-refractivity contribution in [1.82, 2.24) is 10.2 Å². The number of non-ortho nitro benzene ring substituents is 1. The van der Waals surface area contributed by atoms with Crippen molar-refractivity contribution in [2.45, 2.75) is 37.8 Å². The fraction of sp³-hybridized carbons (Fsp3) is 0.409. The topological polar surface area (TPSA) is 110 Å². The Morgan fingerprint density at radius 3 is 2.48 bits per heavy atom. The van der Waals surface area contributed by atoms with Crippen LogP contribution in [0.1, 0.15) is 41.3 Å². The van der Waals surface area contributed by atoms with Crippen molar-refractivity contribution in [1.29, 1.82) is 0 Å². The van der Waals surface area contributed by atoms with Crippen molar-refractivity contribution in [3.63, 3.8) is 0 Å². The SMILES string of the molecule is CC1CCCN(Cc2ccc(CNC(=O)c3cc([N+](=O)[O-])cc(S(C)(=O)=O)c3)cc2)C1. The maximum Gasteiger partial charge on any atom is 0.271 e. The van der Waals surface area contributed by atoms with Gasteiger partial charge in [-0.25, -0.2) is 8.42 Å². The van der Waals surface area contributed by atoms with Crippen LogP contribution >= 0.6 is 0 Å². The van der Waals surface area contributed by atoms with Gasteiger partial charge < -0.3 is 5.32 Å². The number of carbonyl (C=O) groups excluding carboxylic acids is 1. The molecule has 1 N–H and O–H groups in total. The monoisotopic (exact) mass is 445 g/mol. The Morgan fingerprint density at radius 1 is 1.19 bits per heavy atom. The predicted octanol–water partition coefficient (Wildman–Crippen LogP) is 3.16. The summed E-state index contributed by atoms with van der Waals surface area (Å²) in [4.78, 5) is 25.1. The number of nitrogens with one attached hydrogen (secondary N) is 1. The van der Waals surface area contributed by atoms with Crippen LogP contribution in [0.25, 0.3) is 0 Å². The van der Waals surface area contributed by atoms with Crippen molar-refractivity contribution < 1.29 is 18.1 Å². The minimum Gasteiger partial charge on any atom is -0.348 e. The van der Waals surface area contributed by atoms with Crippen LogP contribution in [-0.2, 0) is 22.9 Å². The smallest absolute Gasteiger partial charge is 0.271 e. The highest BCUT2D eigenvalue weighted by atomic mass is 32.2. The maximum absolute atomic E-state index is 12.5. The molecule has 1 atom stereocenters. The maximum atomic E-state index is 12.5. The average Bonchev–Trinajstić information content (AvgIpc) is 2.72. The molecule has 1 aliphatic rings. The summed E-state index contributed by atoms with van der Waals surface area (Å²) in [7, 11) is -3.69. The minimum atomic E-state index is -3.69. The van der Waals surface area contributed by atoms with Gasteiger partial charge in [0.05, 0.1) is 9.82 Å². The molecule has 1 aliphatic heterocycles. The molecule has 0 saturated carbocycles. The van der Waals surface area contributed by atoms with Crippen LogP contribution in [0.5, 0.6) is 0 Å². The second kappa shape index (κ2) is 9.57. The summed E-state index contributed by atoms with van der Waals surface area (Å²) in [6, 6.07) is 11.1. The van der Waals surface area contributed by atoms with E-state index in [0.717, 1.165) is 55.6 Å². The second-order valence-electron chi connectivity index (χ2n) is 8.23. The number of hydrogen-bond donors (Lipinski definition) is 1. The van der Waals surface area contributed by atoms with E-state index in [-0.39, 0.29) is 17.0 Å². The number of piperidine rings is 1. The number of hydrogen-bond acceptors (Lipinski definition) is 6. The number of rotatable bonds is 7. The van der Waals surface area contributed by atoms with Crippen LogP contribution in [0.15, 0.2) is 47.4 Å². The number of nitrogens with zero attached hydrogens (tertiary/aromatic N) is 2. The number of nitro benzene ring substituents is 1. The van der Waals surface area contributed by atoms with E-state index in [0.29, 0.717) is 0 Å². The Labute approximate surface area is 182 Å². The molecule has 1 amide bonds. The molecule has 0 aliphatic carbocycles. The van der Waals surface area contributed by atoms with E-state index in [4.69, 9.17) is 0 Å². The first kappa shape index (κ1) is 22.9. The van der Waals surface area contributed by atoms with Gasteiger partial charge in [0.15, 0.2) is 9.84 Å². The molecule has 2 aromatic rings. The third-order valence-corrected chi connectivity index (χ3v) is 6.51. The van der Waals surface area contributed by atoms with E-state index in [9.17, 15) is 23.3 Å². The normalized spacial score (nSPS) is 17.3. The zero-order chi connectivity index (χ0) is 22.6. The second-order valence-corrected chi connectivity index (χ2v) is 10.2. The summed E-state index contributed by atoms with van der Waals surface area (Å²) in [5.74, 6) is 0.153. The average molecular weight is 446 g/mol. The van der Waals surface area contributed by atoms with Gasteiger partial charge >= 0.3 is 0 Å². The van der Waals surface area contributed by atoms with Crippen LogP contribution < -0.4 is 5.32 Å². The fourth-order valence-corrected chi connectivity index (χ4v) is 4.45. The quantitative estimate of drug-likeness (QED) is 0.518. The van der Waals surface area contributed by atoms with E-state index < -0.39 is 26.4 Å². The van der Waals surface area contributed by atoms with E-state index >= 15 is 0 Å². The van der Waals surface area contributed by atoms with Gasteiger partial charge in [0, 0.05) is 43.6 Å². The van der Waals surface area contributed by atoms with Crippen molar-refractivity contribution in [2.24, 2.45) is 5.92 Å². The Morgan fingerprint density at radius 2 is 1.87 bits per heavy atom. The van der Waals surface area contributed by atoms with Gasteiger partial charge in [-0.3, -0.25) is 19.8 Å².